The van der Waals surface area contributed by atoms with Gasteiger partial charge in [0.2, 0.25) is 0 Å². The number of hydrogen-bond donors (Lipinski definition) is 0. The fourth-order valence-electron chi connectivity index (χ4n) is 4.28. The van der Waals surface area contributed by atoms with Crippen LogP contribution in [0, 0.1) is 20.8 Å². The maximum Gasteiger partial charge on any atom is 0.135 e. The molecule has 0 aliphatic carbocycles. The number of benzene rings is 3. The summed E-state index contributed by atoms with van der Waals surface area (Å²) in [6.07, 6.45) is 1.03. The van der Waals surface area contributed by atoms with E-state index in [0.29, 0.717) is 5.92 Å². The van der Waals surface area contributed by atoms with Crippen LogP contribution in [0.15, 0.2) is 61.2 Å². The third-order valence-electron chi connectivity index (χ3n) is 6.41. The Labute approximate surface area is 180 Å². The molecule has 1 heterocycles. The summed E-state index contributed by atoms with van der Waals surface area (Å²) >= 11 is 0. The summed E-state index contributed by atoms with van der Waals surface area (Å²) in [6, 6.07) is 18.8. The minimum atomic E-state index is 0.0916. The molecule has 0 N–H and O–H groups in total. The van der Waals surface area contributed by atoms with Gasteiger partial charge in [-0.05, 0) is 67.7 Å². The van der Waals surface area contributed by atoms with Gasteiger partial charge < -0.3 is 9.47 Å². The second kappa shape index (κ2) is 8.02. The van der Waals surface area contributed by atoms with Crippen LogP contribution in [0.25, 0.3) is 5.57 Å². The quantitative estimate of drug-likeness (QED) is 0.342. The van der Waals surface area contributed by atoms with Gasteiger partial charge in [0.15, 0.2) is 0 Å². The second-order valence-electron chi connectivity index (χ2n) is 8.34. The summed E-state index contributed by atoms with van der Waals surface area (Å²) in [7, 11) is 0. The number of para-hydroxylation sites is 1. The molecular formula is C28H30O2. The Morgan fingerprint density at radius 3 is 2.43 bits per heavy atom. The summed E-state index contributed by atoms with van der Waals surface area (Å²) in [5.41, 5.74) is 8.13. The average molecular weight is 399 g/mol. The first-order valence-corrected chi connectivity index (χ1v) is 10.7. The first-order chi connectivity index (χ1) is 14.4. The molecule has 0 spiro atoms. The van der Waals surface area contributed by atoms with E-state index in [9.17, 15) is 0 Å². The maximum absolute atomic E-state index is 6.59. The van der Waals surface area contributed by atoms with E-state index in [4.69, 9.17) is 9.47 Å². The molecule has 0 aromatic heterocycles. The fraction of sp³-hybridized carbons (Fsp3) is 0.286. The Kier molecular flexibility index (Phi) is 5.42. The lowest BCUT2D eigenvalue weighted by atomic mass is 9.90. The predicted octanol–water partition coefficient (Wildman–Crippen LogP) is 7.74. The first kappa shape index (κ1) is 20.3. The van der Waals surface area contributed by atoms with Gasteiger partial charge >= 0.3 is 0 Å². The lowest BCUT2D eigenvalue weighted by Crippen LogP contribution is -2.23. The molecule has 2 atom stereocenters. The van der Waals surface area contributed by atoms with Crippen LogP contribution in [0.4, 0.5) is 0 Å². The van der Waals surface area contributed by atoms with E-state index in [0.717, 1.165) is 45.9 Å². The largest absolute Gasteiger partial charge is 0.490 e. The summed E-state index contributed by atoms with van der Waals surface area (Å²) in [6.45, 7) is 15.2. The summed E-state index contributed by atoms with van der Waals surface area (Å²) < 4.78 is 12.7. The van der Waals surface area contributed by atoms with E-state index in [-0.39, 0.29) is 6.10 Å². The van der Waals surface area contributed by atoms with Gasteiger partial charge in [-0.2, -0.15) is 0 Å². The molecule has 3 aromatic rings. The van der Waals surface area contributed by atoms with Crippen LogP contribution in [0.1, 0.15) is 59.6 Å². The normalized spacial score (nSPS) is 14.4. The van der Waals surface area contributed by atoms with Gasteiger partial charge in [-0.25, -0.2) is 0 Å². The second-order valence-corrected chi connectivity index (χ2v) is 8.34. The minimum absolute atomic E-state index is 0.0916. The van der Waals surface area contributed by atoms with Crippen molar-refractivity contribution in [2.24, 2.45) is 0 Å². The molecule has 1 aliphatic heterocycles. The molecule has 2 nitrogen and oxygen atoms in total. The van der Waals surface area contributed by atoms with Crippen molar-refractivity contribution in [3.63, 3.8) is 0 Å². The van der Waals surface area contributed by atoms with E-state index in [1.54, 1.807) is 0 Å². The molecule has 1 aliphatic rings. The minimum Gasteiger partial charge on any atom is -0.490 e. The average Bonchev–Trinajstić information content (AvgIpc) is 2.75. The van der Waals surface area contributed by atoms with Crippen molar-refractivity contribution in [1.82, 2.24) is 0 Å². The van der Waals surface area contributed by atoms with Crippen molar-refractivity contribution >= 4 is 5.57 Å². The van der Waals surface area contributed by atoms with Crippen molar-refractivity contribution in [3.8, 4) is 17.2 Å². The molecule has 0 bridgehead atoms. The zero-order chi connectivity index (χ0) is 21.4. The van der Waals surface area contributed by atoms with E-state index in [1.807, 2.05) is 30.3 Å². The summed E-state index contributed by atoms with van der Waals surface area (Å²) in [5.74, 6) is 2.90. The number of rotatable bonds is 5. The van der Waals surface area contributed by atoms with Crippen molar-refractivity contribution in [1.29, 1.82) is 0 Å². The highest BCUT2D eigenvalue weighted by atomic mass is 16.5. The molecular weight excluding hydrogens is 368 g/mol. The molecule has 3 aromatic carbocycles. The van der Waals surface area contributed by atoms with Gasteiger partial charge in [0, 0.05) is 22.6 Å². The van der Waals surface area contributed by atoms with Crippen molar-refractivity contribution in [2.45, 2.75) is 53.1 Å². The Morgan fingerprint density at radius 1 is 0.933 bits per heavy atom. The molecule has 1 unspecified atom stereocenters. The Hall–Kier alpha value is -3.00. The molecule has 2 heteroatoms. The molecule has 30 heavy (non-hydrogen) atoms. The van der Waals surface area contributed by atoms with Crippen LogP contribution < -0.4 is 9.47 Å². The zero-order valence-corrected chi connectivity index (χ0v) is 18.6. The van der Waals surface area contributed by atoms with Crippen LogP contribution in [-0.2, 0) is 0 Å². The molecule has 0 saturated carbocycles. The molecule has 4 rings (SSSR count). The smallest absolute Gasteiger partial charge is 0.135 e. The highest BCUT2D eigenvalue weighted by molar-refractivity contribution is 5.88. The first-order valence-electron chi connectivity index (χ1n) is 10.7. The predicted molar refractivity (Wildman–Crippen MR) is 125 cm³/mol. The lowest BCUT2D eigenvalue weighted by molar-refractivity contribution is 0.170. The van der Waals surface area contributed by atoms with Crippen LogP contribution in [0.3, 0.4) is 0 Å². The molecule has 0 amide bonds. The molecule has 154 valence electrons. The van der Waals surface area contributed by atoms with Crippen molar-refractivity contribution < 1.29 is 9.47 Å². The van der Waals surface area contributed by atoms with Gasteiger partial charge in [0.25, 0.3) is 0 Å². The SMILES string of the molecule is C=C1c2ccccc2Oc2ccc(OC(CC)[C@H](C)c3ccc(C)c(C)c3)c(C)c21. The van der Waals surface area contributed by atoms with E-state index in [1.165, 1.54) is 16.7 Å². The highest BCUT2D eigenvalue weighted by Crippen LogP contribution is 2.46. The van der Waals surface area contributed by atoms with Gasteiger partial charge in [0.05, 0.1) is 0 Å². The Bertz CT molecular complexity index is 1110. The van der Waals surface area contributed by atoms with Crippen LogP contribution >= 0.6 is 0 Å². The highest BCUT2D eigenvalue weighted by Gasteiger charge is 2.26. The van der Waals surface area contributed by atoms with Crippen LogP contribution in [0.5, 0.6) is 17.2 Å². The van der Waals surface area contributed by atoms with E-state index < -0.39 is 0 Å². The van der Waals surface area contributed by atoms with Gasteiger partial charge in [0.1, 0.15) is 23.4 Å². The zero-order valence-electron chi connectivity index (χ0n) is 18.6. The maximum atomic E-state index is 6.59. The third kappa shape index (κ3) is 3.52. The van der Waals surface area contributed by atoms with Gasteiger partial charge in [-0.15, -0.1) is 0 Å². The topological polar surface area (TPSA) is 18.5 Å². The number of ether oxygens (including phenoxy) is 2. The Balaban J connectivity index is 1.64. The van der Waals surface area contributed by atoms with E-state index >= 15 is 0 Å². The number of hydrogen-bond acceptors (Lipinski definition) is 2. The summed E-state index contributed by atoms with van der Waals surface area (Å²) in [4.78, 5) is 0. The number of aryl methyl sites for hydroxylation is 2. The third-order valence-corrected chi connectivity index (χ3v) is 6.41. The molecule has 0 saturated heterocycles. The number of fused-ring (bicyclic) bond motifs is 2. The van der Waals surface area contributed by atoms with Crippen molar-refractivity contribution in [3.05, 3.63) is 94.6 Å². The fourth-order valence-corrected chi connectivity index (χ4v) is 4.28. The lowest BCUT2D eigenvalue weighted by Gasteiger charge is -2.28. The Morgan fingerprint density at radius 2 is 1.70 bits per heavy atom. The van der Waals surface area contributed by atoms with Gasteiger partial charge in [-0.1, -0.05) is 56.8 Å². The molecule has 0 fully saturated rings. The van der Waals surface area contributed by atoms with Crippen molar-refractivity contribution in [2.75, 3.05) is 0 Å². The van der Waals surface area contributed by atoms with E-state index in [2.05, 4.69) is 65.5 Å². The van der Waals surface area contributed by atoms with Gasteiger partial charge in [-0.3, -0.25) is 0 Å². The monoisotopic (exact) mass is 398 g/mol. The standard InChI is InChI=1S/C28H30O2/c1-7-24(19(4)22-13-12-17(2)18(3)16-22)29-25-14-15-27-28(21(25)6)20(5)23-10-8-9-11-26(23)30-27/h8-16,19,24H,5,7H2,1-4,6H3/t19-,24?/m1/s1. The van der Waals surface area contributed by atoms with Crippen LogP contribution in [0.2, 0.25) is 0 Å². The summed E-state index contributed by atoms with van der Waals surface area (Å²) in [5, 5.41) is 0. The molecule has 0 radical (unpaired) electrons. The van der Waals surface area contributed by atoms with Crippen LogP contribution in [-0.4, -0.2) is 6.10 Å².